The van der Waals surface area contributed by atoms with E-state index in [2.05, 4.69) is 10.4 Å². The van der Waals surface area contributed by atoms with Crippen molar-refractivity contribution in [1.82, 2.24) is 15.1 Å². The first-order valence-corrected chi connectivity index (χ1v) is 6.58. The van der Waals surface area contributed by atoms with E-state index in [1.54, 1.807) is 6.92 Å². The summed E-state index contributed by atoms with van der Waals surface area (Å²) in [5.41, 5.74) is -2.08. The van der Waals surface area contributed by atoms with Crippen molar-refractivity contribution >= 4 is 5.97 Å². The fourth-order valence-corrected chi connectivity index (χ4v) is 2.25. The maximum absolute atomic E-state index is 12.5. The minimum atomic E-state index is -4.45. The van der Waals surface area contributed by atoms with Gasteiger partial charge >= 0.3 is 12.1 Å². The van der Waals surface area contributed by atoms with Crippen LogP contribution in [0, 0.1) is 0 Å². The molecule has 1 aromatic rings. The number of hydrogen-bond donors (Lipinski definition) is 2. The molecule has 0 spiro atoms. The van der Waals surface area contributed by atoms with Crippen molar-refractivity contribution in [3.8, 4) is 0 Å². The molecule has 0 fully saturated rings. The lowest BCUT2D eigenvalue weighted by atomic mass is 9.93. The molecule has 0 aromatic carbocycles. The summed E-state index contributed by atoms with van der Waals surface area (Å²) in [6.45, 7) is 6.76. The summed E-state index contributed by atoms with van der Waals surface area (Å²) in [5.74, 6) is -1.05. The lowest BCUT2D eigenvalue weighted by Gasteiger charge is -2.31. The first-order valence-electron chi connectivity index (χ1n) is 6.58. The van der Waals surface area contributed by atoms with Gasteiger partial charge in [-0.1, -0.05) is 0 Å². The first-order chi connectivity index (χ1) is 9.45. The van der Waals surface area contributed by atoms with Gasteiger partial charge in [0.2, 0.25) is 0 Å². The van der Waals surface area contributed by atoms with E-state index >= 15 is 0 Å². The van der Waals surface area contributed by atoms with Crippen LogP contribution in [-0.2, 0) is 11.0 Å². The van der Waals surface area contributed by atoms with E-state index in [-0.39, 0.29) is 12.5 Å². The van der Waals surface area contributed by atoms with Crippen molar-refractivity contribution in [1.29, 1.82) is 0 Å². The van der Waals surface area contributed by atoms with Crippen molar-refractivity contribution in [3.05, 3.63) is 18.0 Å². The molecule has 1 aromatic heterocycles. The quantitative estimate of drug-likeness (QED) is 0.848. The highest BCUT2D eigenvalue weighted by molar-refractivity contribution is 5.78. The summed E-state index contributed by atoms with van der Waals surface area (Å²) < 4.78 is 38.8. The molecule has 2 N–H and O–H groups in total. The summed E-state index contributed by atoms with van der Waals surface area (Å²) in [5, 5.41) is 16.0. The Balaban J connectivity index is 2.90. The zero-order valence-corrected chi connectivity index (χ0v) is 12.4. The molecule has 0 aliphatic carbocycles. The summed E-state index contributed by atoms with van der Waals surface area (Å²) >= 11 is 0. The van der Waals surface area contributed by atoms with Crippen molar-refractivity contribution in [2.24, 2.45) is 0 Å². The molecule has 0 bridgehead atoms. The van der Waals surface area contributed by atoms with E-state index in [0.29, 0.717) is 0 Å². The number of hydrogen-bond acceptors (Lipinski definition) is 3. The predicted octanol–water partition coefficient (Wildman–Crippen LogP) is 2.69. The molecular weight excluding hydrogens is 287 g/mol. The number of carboxylic acid groups (broad SMARTS) is 1. The Morgan fingerprint density at radius 2 is 2.00 bits per heavy atom. The highest BCUT2D eigenvalue weighted by Crippen LogP contribution is 2.30. The monoisotopic (exact) mass is 307 g/mol. The third-order valence-corrected chi connectivity index (χ3v) is 3.16. The largest absolute Gasteiger partial charge is 0.480 e. The number of aliphatic carboxylic acids is 1. The van der Waals surface area contributed by atoms with Crippen LogP contribution in [0.5, 0.6) is 0 Å². The fourth-order valence-electron chi connectivity index (χ4n) is 2.25. The van der Waals surface area contributed by atoms with Gasteiger partial charge < -0.3 is 5.11 Å². The maximum Gasteiger partial charge on any atom is 0.419 e. The van der Waals surface area contributed by atoms with Crippen LogP contribution in [0.2, 0.25) is 0 Å². The minimum Gasteiger partial charge on any atom is -0.480 e. The van der Waals surface area contributed by atoms with Crippen LogP contribution in [0.4, 0.5) is 13.2 Å². The van der Waals surface area contributed by atoms with E-state index in [1.165, 1.54) is 6.92 Å². The Bertz CT molecular complexity index is 499. The van der Waals surface area contributed by atoms with Gasteiger partial charge in [-0.25, -0.2) is 0 Å². The molecule has 0 aliphatic rings. The third-order valence-electron chi connectivity index (χ3n) is 3.16. The van der Waals surface area contributed by atoms with Crippen LogP contribution in [0.25, 0.3) is 0 Å². The van der Waals surface area contributed by atoms with Crippen LogP contribution in [0.15, 0.2) is 12.4 Å². The second-order valence-electron chi connectivity index (χ2n) is 5.70. The van der Waals surface area contributed by atoms with Gasteiger partial charge in [-0.15, -0.1) is 0 Å². The Hall–Kier alpha value is -1.57. The van der Waals surface area contributed by atoms with Gasteiger partial charge in [0.05, 0.1) is 17.8 Å². The molecule has 1 heterocycles. The van der Waals surface area contributed by atoms with E-state index in [9.17, 15) is 23.1 Å². The number of carboxylic acids is 1. The lowest BCUT2D eigenvalue weighted by Crippen LogP contribution is -2.53. The normalized spacial score (nSPS) is 16.8. The number of nitrogens with zero attached hydrogens (tertiary/aromatic N) is 2. The van der Waals surface area contributed by atoms with Crippen LogP contribution in [-0.4, -0.2) is 32.4 Å². The Labute approximate surface area is 121 Å². The van der Waals surface area contributed by atoms with Crippen molar-refractivity contribution in [2.75, 3.05) is 0 Å². The second kappa shape index (κ2) is 6.05. The Kier molecular flexibility index (Phi) is 5.03. The molecule has 21 heavy (non-hydrogen) atoms. The highest BCUT2D eigenvalue weighted by Gasteiger charge is 2.37. The molecule has 120 valence electrons. The summed E-state index contributed by atoms with van der Waals surface area (Å²) in [6, 6.07) is -0.560. The molecule has 1 rings (SSSR count). The lowest BCUT2D eigenvalue weighted by molar-refractivity contribution is -0.145. The van der Waals surface area contributed by atoms with Gasteiger partial charge in [0.25, 0.3) is 0 Å². The summed E-state index contributed by atoms with van der Waals surface area (Å²) in [7, 11) is 0. The molecule has 0 saturated heterocycles. The highest BCUT2D eigenvalue weighted by atomic mass is 19.4. The zero-order valence-electron chi connectivity index (χ0n) is 12.4. The summed E-state index contributed by atoms with van der Waals surface area (Å²) in [6.07, 6.45) is -2.71. The smallest absolute Gasteiger partial charge is 0.419 e. The van der Waals surface area contributed by atoms with Crippen molar-refractivity contribution in [2.45, 2.75) is 57.9 Å². The number of aromatic nitrogens is 2. The Morgan fingerprint density at radius 1 is 1.43 bits per heavy atom. The Morgan fingerprint density at radius 3 is 2.38 bits per heavy atom. The van der Waals surface area contributed by atoms with Crippen LogP contribution in [0.3, 0.4) is 0 Å². The van der Waals surface area contributed by atoms with Gasteiger partial charge in [-0.3, -0.25) is 14.8 Å². The molecule has 2 atom stereocenters. The molecule has 0 radical (unpaired) electrons. The van der Waals surface area contributed by atoms with Gasteiger partial charge in [0, 0.05) is 12.2 Å². The van der Waals surface area contributed by atoms with E-state index in [0.717, 1.165) is 17.1 Å². The third kappa shape index (κ3) is 4.45. The van der Waals surface area contributed by atoms with Crippen LogP contribution >= 0.6 is 0 Å². The van der Waals surface area contributed by atoms with Gasteiger partial charge in [-0.2, -0.15) is 18.3 Å². The molecule has 0 aliphatic heterocycles. The molecule has 8 heteroatoms. The number of carbonyl (C=O) groups is 1. The topological polar surface area (TPSA) is 67.2 Å². The van der Waals surface area contributed by atoms with E-state index in [4.69, 9.17) is 0 Å². The van der Waals surface area contributed by atoms with Crippen LogP contribution in [0.1, 0.15) is 45.7 Å². The van der Waals surface area contributed by atoms with Crippen molar-refractivity contribution < 1.29 is 23.1 Å². The zero-order chi connectivity index (χ0) is 16.4. The SMILES string of the molecule is CC(C)NC(C)(CC(C)n1cc(C(F)(F)F)cn1)C(=O)O. The van der Waals surface area contributed by atoms with E-state index < -0.39 is 29.3 Å². The molecule has 0 amide bonds. The average Bonchev–Trinajstić information content (AvgIpc) is 2.75. The molecule has 5 nitrogen and oxygen atoms in total. The van der Waals surface area contributed by atoms with Crippen LogP contribution < -0.4 is 5.32 Å². The van der Waals surface area contributed by atoms with Crippen molar-refractivity contribution in [3.63, 3.8) is 0 Å². The molecule has 0 saturated carbocycles. The van der Waals surface area contributed by atoms with Gasteiger partial charge in [-0.05, 0) is 34.1 Å². The number of halogens is 3. The fraction of sp³-hybridized carbons (Fsp3) is 0.692. The second-order valence-corrected chi connectivity index (χ2v) is 5.70. The summed E-state index contributed by atoms with van der Waals surface area (Å²) in [4.78, 5) is 11.4. The average molecular weight is 307 g/mol. The van der Waals surface area contributed by atoms with Gasteiger partial charge in [0.1, 0.15) is 5.54 Å². The molecular formula is C13H20F3N3O2. The molecule has 2 unspecified atom stereocenters. The number of alkyl halides is 3. The first kappa shape index (κ1) is 17.5. The number of rotatable bonds is 6. The van der Waals surface area contributed by atoms with Gasteiger partial charge in [0.15, 0.2) is 0 Å². The van der Waals surface area contributed by atoms with E-state index in [1.807, 2.05) is 13.8 Å². The standard InChI is InChI=1S/C13H20F3N3O2/c1-8(2)18-12(4,11(20)21)5-9(3)19-7-10(6-17-19)13(14,15)16/h6-9,18H,5H2,1-4H3,(H,20,21). The minimum absolute atomic E-state index is 0.0679. The maximum atomic E-state index is 12.5. The number of nitrogens with one attached hydrogen (secondary N) is 1. The predicted molar refractivity (Wildman–Crippen MR) is 70.9 cm³/mol.